The minimum Gasteiger partial charge on any atom is -0.342 e. The third-order valence-corrected chi connectivity index (χ3v) is 4.03. The summed E-state index contributed by atoms with van der Waals surface area (Å²) in [4.78, 5) is 26.3. The SMILES string of the molecule is Cn1ccc(N2CCC(=O)NC3(CCCC3)C2=O)n1. The molecule has 0 radical (unpaired) electrons. The van der Waals surface area contributed by atoms with Gasteiger partial charge in [-0.3, -0.25) is 19.2 Å². The highest BCUT2D eigenvalue weighted by atomic mass is 16.2. The van der Waals surface area contributed by atoms with Crippen LogP contribution in [0.4, 0.5) is 5.82 Å². The highest BCUT2D eigenvalue weighted by Gasteiger charge is 2.47. The normalized spacial score (nSPS) is 22.7. The molecular formula is C13H18N4O2. The Morgan fingerprint density at radius 2 is 2.05 bits per heavy atom. The molecule has 1 saturated heterocycles. The third-order valence-electron chi connectivity index (χ3n) is 4.03. The van der Waals surface area contributed by atoms with Crippen LogP contribution in [0.5, 0.6) is 0 Å². The molecule has 19 heavy (non-hydrogen) atoms. The van der Waals surface area contributed by atoms with E-state index >= 15 is 0 Å². The quantitative estimate of drug-likeness (QED) is 0.805. The molecule has 1 aromatic heterocycles. The molecule has 6 nitrogen and oxygen atoms in total. The Kier molecular flexibility index (Phi) is 2.80. The fraction of sp³-hybridized carbons (Fsp3) is 0.615. The van der Waals surface area contributed by atoms with Crippen molar-refractivity contribution in [3.63, 3.8) is 0 Å². The maximum Gasteiger partial charge on any atom is 0.253 e. The Balaban J connectivity index is 1.96. The van der Waals surface area contributed by atoms with Gasteiger partial charge in [0.25, 0.3) is 5.91 Å². The summed E-state index contributed by atoms with van der Waals surface area (Å²) < 4.78 is 1.67. The van der Waals surface area contributed by atoms with E-state index in [-0.39, 0.29) is 11.8 Å². The Morgan fingerprint density at radius 3 is 2.68 bits per heavy atom. The van der Waals surface area contributed by atoms with Crippen molar-refractivity contribution in [1.82, 2.24) is 15.1 Å². The van der Waals surface area contributed by atoms with Gasteiger partial charge in [0.15, 0.2) is 5.82 Å². The molecular weight excluding hydrogens is 244 g/mol. The second kappa shape index (κ2) is 4.36. The van der Waals surface area contributed by atoms with Gasteiger partial charge in [-0.25, -0.2) is 0 Å². The lowest BCUT2D eigenvalue weighted by atomic mass is 9.96. The number of aryl methyl sites for hydroxylation is 1. The number of nitrogens with one attached hydrogen (secondary N) is 1. The van der Waals surface area contributed by atoms with Gasteiger partial charge >= 0.3 is 0 Å². The second-order valence-corrected chi connectivity index (χ2v) is 5.39. The molecule has 0 bridgehead atoms. The number of hydrogen-bond acceptors (Lipinski definition) is 3. The summed E-state index contributed by atoms with van der Waals surface area (Å²) in [6.45, 7) is 0.406. The minimum atomic E-state index is -0.689. The van der Waals surface area contributed by atoms with Crippen LogP contribution in [0.15, 0.2) is 12.3 Å². The molecule has 2 aliphatic rings. The highest BCUT2D eigenvalue weighted by Crippen LogP contribution is 2.34. The number of aromatic nitrogens is 2. The first-order chi connectivity index (χ1) is 9.11. The van der Waals surface area contributed by atoms with Crippen LogP contribution in [0.25, 0.3) is 0 Å². The fourth-order valence-corrected chi connectivity index (χ4v) is 3.04. The fourth-order valence-electron chi connectivity index (χ4n) is 3.04. The summed E-state index contributed by atoms with van der Waals surface area (Å²) >= 11 is 0. The lowest BCUT2D eigenvalue weighted by Crippen LogP contribution is -2.55. The van der Waals surface area contributed by atoms with Crippen LogP contribution >= 0.6 is 0 Å². The molecule has 1 aliphatic heterocycles. The van der Waals surface area contributed by atoms with Crippen molar-refractivity contribution in [2.24, 2.45) is 7.05 Å². The van der Waals surface area contributed by atoms with E-state index in [1.807, 2.05) is 19.3 Å². The topological polar surface area (TPSA) is 67.2 Å². The Bertz CT molecular complexity index is 516. The summed E-state index contributed by atoms with van der Waals surface area (Å²) in [5, 5.41) is 7.23. The van der Waals surface area contributed by atoms with Crippen molar-refractivity contribution in [1.29, 1.82) is 0 Å². The van der Waals surface area contributed by atoms with Crippen LogP contribution in [0.1, 0.15) is 32.1 Å². The largest absolute Gasteiger partial charge is 0.342 e. The van der Waals surface area contributed by atoms with Crippen LogP contribution in [-0.2, 0) is 16.6 Å². The zero-order valence-electron chi connectivity index (χ0n) is 11.1. The van der Waals surface area contributed by atoms with Gasteiger partial charge in [-0.15, -0.1) is 0 Å². The summed E-state index contributed by atoms with van der Waals surface area (Å²) in [5.74, 6) is 0.596. The first kappa shape index (κ1) is 12.2. The maximum absolute atomic E-state index is 12.8. The summed E-state index contributed by atoms with van der Waals surface area (Å²) in [6.07, 6.45) is 5.60. The van der Waals surface area contributed by atoms with Gasteiger partial charge in [-0.1, -0.05) is 12.8 Å². The summed E-state index contributed by atoms with van der Waals surface area (Å²) in [5.41, 5.74) is -0.689. The van der Waals surface area contributed by atoms with E-state index in [2.05, 4.69) is 10.4 Å². The first-order valence-electron chi connectivity index (χ1n) is 6.73. The summed E-state index contributed by atoms with van der Waals surface area (Å²) in [7, 11) is 1.82. The lowest BCUT2D eigenvalue weighted by Gasteiger charge is -2.30. The van der Waals surface area contributed by atoms with Crippen molar-refractivity contribution in [3.05, 3.63) is 12.3 Å². The van der Waals surface area contributed by atoms with E-state index in [1.165, 1.54) is 0 Å². The molecule has 3 rings (SSSR count). The number of rotatable bonds is 1. The van der Waals surface area contributed by atoms with E-state index in [0.29, 0.717) is 18.8 Å². The van der Waals surface area contributed by atoms with Crippen molar-refractivity contribution in [3.8, 4) is 0 Å². The van der Waals surface area contributed by atoms with E-state index in [9.17, 15) is 9.59 Å². The number of hydrogen-bond donors (Lipinski definition) is 1. The van der Waals surface area contributed by atoms with Crippen molar-refractivity contribution in [2.75, 3.05) is 11.4 Å². The van der Waals surface area contributed by atoms with Gasteiger partial charge in [0.1, 0.15) is 5.54 Å². The predicted molar refractivity (Wildman–Crippen MR) is 69.5 cm³/mol. The molecule has 0 unspecified atom stereocenters. The van der Waals surface area contributed by atoms with E-state index in [4.69, 9.17) is 0 Å². The molecule has 1 saturated carbocycles. The average Bonchev–Trinajstić information content (AvgIpc) is 2.97. The van der Waals surface area contributed by atoms with Crippen molar-refractivity contribution in [2.45, 2.75) is 37.6 Å². The van der Waals surface area contributed by atoms with Crippen molar-refractivity contribution < 1.29 is 9.59 Å². The summed E-state index contributed by atoms with van der Waals surface area (Å²) in [6, 6.07) is 1.82. The van der Waals surface area contributed by atoms with Gasteiger partial charge in [0.05, 0.1) is 0 Å². The van der Waals surface area contributed by atoms with Gasteiger partial charge in [-0.2, -0.15) is 5.10 Å². The first-order valence-corrected chi connectivity index (χ1v) is 6.73. The zero-order valence-corrected chi connectivity index (χ0v) is 11.1. The van der Waals surface area contributed by atoms with Gasteiger partial charge in [0.2, 0.25) is 5.91 Å². The molecule has 1 aromatic rings. The number of carbonyl (C=O) groups is 2. The van der Waals surface area contributed by atoms with Gasteiger partial charge in [-0.05, 0) is 12.8 Å². The van der Waals surface area contributed by atoms with E-state index in [1.54, 1.807) is 9.58 Å². The highest BCUT2D eigenvalue weighted by molar-refractivity contribution is 6.03. The average molecular weight is 262 g/mol. The molecule has 2 fully saturated rings. The zero-order chi connectivity index (χ0) is 13.5. The Hall–Kier alpha value is -1.85. The number of carbonyl (C=O) groups excluding carboxylic acids is 2. The number of nitrogens with zero attached hydrogens (tertiary/aromatic N) is 3. The number of amides is 2. The maximum atomic E-state index is 12.8. The molecule has 0 aromatic carbocycles. The second-order valence-electron chi connectivity index (χ2n) is 5.39. The van der Waals surface area contributed by atoms with E-state index < -0.39 is 5.54 Å². The standard InChI is InChI=1S/C13H18N4O2/c1-16-8-4-10(15-16)17-9-5-11(18)14-13(12(17)19)6-2-3-7-13/h4,8H,2-3,5-7,9H2,1H3,(H,14,18). The minimum absolute atomic E-state index is 0.00505. The lowest BCUT2D eigenvalue weighted by molar-refractivity contribution is -0.129. The molecule has 0 atom stereocenters. The van der Waals surface area contributed by atoms with Gasteiger partial charge < -0.3 is 5.32 Å². The van der Waals surface area contributed by atoms with E-state index in [0.717, 1.165) is 25.7 Å². The Labute approximate surface area is 111 Å². The molecule has 2 amide bonds. The van der Waals surface area contributed by atoms with Crippen LogP contribution in [0.2, 0.25) is 0 Å². The molecule has 102 valence electrons. The van der Waals surface area contributed by atoms with Crippen LogP contribution in [0.3, 0.4) is 0 Å². The molecule has 1 N–H and O–H groups in total. The third kappa shape index (κ3) is 2.01. The molecule has 1 aliphatic carbocycles. The van der Waals surface area contributed by atoms with Crippen molar-refractivity contribution >= 4 is 17.6 Å². The van der Waals surface area contributed by atoms with Crippen LogP contribution in [-0.4, -0.2) is 33.7 Å². The number of anilines is 1. The molecule has 1 spiro atoms. The Morgan fingerprint density at radius 1 is 1.32 bits per heavy atom. The smallest absolute Gasteiger partial charge is 0.253 e. The monoisotopic (exact) mass is 262 g/mol. The van der Waals surface area contributed by atoms with Crippen LogP contribution in [0, 0.1) is 0 Å². The predicted octanol–water partition coefficient (Wildman–Crippen LogP) is 0.586. The molecule has 2 heterocycles. The van der Waals surface area contributed by atoms with Gasteiger partial charge in [0, 0.05) is 32.3 Å². The van der Waals surface area contributed by atoms with Crippen LogP contribution < -0.4 is 10.2 Å². The molecule has 6 heteroatoms.